The SMILES string of the molecule is Cc1ccc(-c2nc(N3CCOCC3)c3nc4n(c3n2)CCOC4C(F)(F)F)cn1. The monoisotopic (exact) mass is 420 g/mol. The van der Waals surface area contributed by atoms with Gasteiger partial charge < -0.3 is 18.9 Å². The second-order valence-electron chi connectivity index (χ2n) is 7.24. The van der Waals surface area contributed by atoms with Crippen molar-refractivity contribution in [1.29, 1.82) is 0 Å². The highest BCUT2D eigenvalue weighted by Crippen LogP contribution is 2.40. The van der Waals surface area contributed by atoms with E-state index in [1.54, 1.807) is 6.20 Å². The molecule has 1 saturated heterocycles. The summed E-state index contributed by atoms with van der Waals surface area (Å²) in [6, 6.07) is 3.69. The smallest absolute Gasteiger partial charge is 0.378 e. The number of pyridine rings is 1. The Morgan fingerprint density at radius 1 is 1.03 bits per heavy atom. The summed E-state index contributed by atoms with van der Waals surface area (Å²) in [5, 5.41) is 0. The molecule has 0 spiro atoms. The molecule has 5 heterocycles. The molecule has 8 nitrogen and oxygen atoms in total. The lowest BCUT2D eigenvalue weighted by atomic mass is 10.2. The van der Waals surface area contributed by atoms with E-state index in [9.17, 15) is 13.2 Å². The van der Waals surface area contributed by atoms with Crippen LogP contribution in [0.5, 0.6) is 0 Å². The Balaban J connectivity index is 1.73. The van der Waals surface area contributed by atoms with Crippen LogP contribution in [0.3, 0.4) is 0 Å². The van der Waals surface area contributed by atoms with Gasteiger partial charge in [-0.25, -0.2) is 15.0 Å². The molecule has 0 bridgehead atoms. The molecule has 1 fully saturated rings. The second kappa shape index (κ2) is 7.17. The molecular formula is C19H19F3N6O2. The predicted molar refractivity (Wildman–Crippen MR) is 101 cm³/mol. The number of ether oxygens (including phenoxy) is 2. The third-order valence-electron chi connectivity index (χ3n) is 5.22. The van der Waals surface area contributed by atoms with E-state index in [0.717, 1.165) is 5.69 Å². The molecule has 0 N–H and O–H groups in total. The Bertz CT molecular complexity index is 1080. The molecule has 0 radical (unpaired) electrons. The van der Waals surface area contributed by atoms with Crippen LogP contribution in [0.2, 0.25) is 0 Å². The number of aryl methyl sites for hydroxylation is 1. The summed E-state index contributed by atoms with van der Waals surface area (Å²) in [5.74, 6) is 0.711. The summed E-state index contributed by atoms with van der Waals surface area (Å²) in [7, 11) is 0. The lowest BCUT2D eigenvalue weighted by molar-refractivity contribution is -0.233. The van der Waals surface area contributed by atoms with Crippen molar-refractivity contribution < 1.29 is 22.6 Å². The quantitative estimate of drug-likeness (QED) is 0.631. The van der Waals surface area contributed by atoms with E-state index in [-0.39, 0.29) is 19.0 Å². The zero-order valence-electron chi connectivity index (χ0n) is 16.2. The average molecular weight is 420 g/mol. The molecule has 1 unspecified atom stereocenters. The Hall–Kier alpha value is -2.79. The molecular weight excluding hydrogens is 401 g/mol. The largest absolute Gasteiger partial charge is 0.421 e. The van der Waals surface area contributed by atoms with Crippen LogP contribution in [0.15, 0.2) is 18.3 Å². The van der Waals surface area contributed by atoms with Gasteiger partial charge in [0.25, 0.3) is 0 Å². The molecule has 0 aliphatic carbocycles. The van der Waals surface area contributed by atoms with E-state index in [2.05, 4.69) is 19.9 Å². The van der Waals surface area contributed by atoms with E-state index in [0.29, 0.717) is 54.7 Å². The van der Waals surface area contributed by atoms with Crippen LogP contribution < -0.4 is 4.90 Å². The first kappa shape index (κ1) is 19.2. The van der Waals surface area contributed by atoms with E-state index in [4.69, 9.17) is 9.47 Å². The summed E-state index contributed by atoms with van der Waals surface area (Å²) in [6.07, 6.45) is -4.98. The molecule has 5 rings (SSSR count). The minimum Gasteiger partial charge on any atom is -0.378 e. The molecule has 3 aromatic rings. The van der Waals surface area contributed by atoms with Crippen LogP contribution in [-0.4, -0.2) is 63.6 Å². The third kappa shape index (κ3) is 3.27. The van der Waals surface area contributed by atoms with Crippen molar-refractivity contribution in [3.05, 3.63) is 29.8 Å². The van der Waals surface area contributed by atoms with Crippen molar-refractivity contribution >= 4 is 17.0 Å². The molecule has 11 heteroatoms. The highest BCUT2D eigenvalue weighted by Gasteiger charge is 2.47. The molecule has 0 amide bonds. The van der Waals surface area contributed by atoms with Gasteiger partial charge in [-0.2, -0.15) is 13.2 Å². The Morgan fingerprint density at radius 3 is 2.53 bits per heavy atom. The van der Waals surface area contributed by atoms with Crippen LogP contribution in [-0.2, 0) is 16.0 Å². The lowest BCUT2D eigenvalue weighted by Gasteiger charge is -2.28. The van der Waals surface area contributed by atoms with Crippen molar-refractivity contribution in [2.45, 2.75) is 25.7 Å². The number of hydrogen-bond acceptors (Lipinski definition) is 7. The fraction of sp³-hybridized carbons (Fsp3) is 0.474. The number of anilines is 1. The Morgan fingerprint density at radius 2 is 1.83 bits per heavy atom. The topological polar surface area (TPSA) is 78.2 Å². The van der Waals surface area contributed by atoms with Gasteiger partial charge in [-0.15, -0.1) is 0 Å². The number of rotatable bonds is 2. The lowest BCUT2D eigenvalue weighted by Crippen LogP contribution is -2.37. The average Bonchev–Trinajstić information content (AvgIpc) is 3.12. The van der Waals surface area contributed by atoms with Crippen LogP contribution in [0.25, 0.3) is 22.6 Å². The molecule has 1 atom stereocenters. The molecule has 158 valence electrons. The zero-order chi connectivity index (χ0) is 20.9. The summed E-state index contributed by atoms with van der Waals surface area (Å²) in [5.41, 5.74) is 2.25. The van der Waals surface area contributed by atoms with E-state index in [1.165, 1.54) is 4.57 Å². The van der Waals surface area contributed by atoms with Crippen LogP contribution in [0.4, 0.5) is 19.0 Å². The minimum absolute atomic E-state index is 0.0685. The Labute approximate surface area is 169 Å². The van der Waals surface area contributed by atoms with E-state index >= 15 is 0 Å². The summed E-state index contributed by atoms with van der Waals surface area (Å²) in [4.78, 5) is 19.9. The van der Waals surface area contributed by atoms with Crippen molar-refractivity contribution in [2.75, 3.05) is 37.8 Å². The van der Waals surface area contributed by atoms with Crippen molar-refractivity contribution in [3.63, 3.8) is 0 Å². The van der Waals surface area contributed by atoms with Gasteiger partial charge in [-0.3, -0.25) is 4.98 Å². The maximum Gasteiger partial charge on any atom is 0.421 e. The zero-order valence-corrected chi connectivity index (χ0v) is 16.2. The van der Waals surface area contributed by atoms with Gasteiger partial charge >= 0.3 is 6.18 Å². The normalized spacial score (nSPS) is 19.9. The third-order valence-corrected chi connectivity index (χ3v) is 5.22. The molecule has 2 aliphatic rings. The molecule has 3 aromatic heterocycles. The van der Waals surface area contributed by atoms with Gasteiger partial charge in [0.15, 0.2) is 22.8 Å². The predicted octanol–water partition coefficient (Wildman–Crippen LogP) is 2.67. The molecule has 2 aliphatic heterocycles. The Kier molecular flexibility index (Phi) is 4.58. The number of hydrogen-bond donors (Lipinski definition) is 0. The van der Waals surface area contributed by atoms with Crippen molar-refractivity contribution in [1.82, 2.24) is 24.5 Å². The summed E-state index contributed by atoms with van der Waals surface area (Å²) >= 11 is 0. The standard InChI is InChI=1S/C19H19F3N6O2/c1-11-2-3-12(10-23-11)15-25-16(27-4-7-29-8-5-27)13-17(26-15)28-6-9-30-14(18(28)24-13)19(20,21)22/h2-3,10,14H,4-9H2,1H3. The highest BCUT2D eigenvalue weighted by molar-refractivity contribution is 5.86. The van der Waals surface area contributed by atoms with Gasteiger partial charge in [0.1, 0.15) is 5.82 Å². The first-order valence-electron chi connectivity index (χ1n) is 9.64. The van der Waals surface area contributed by atoms with Crippen LogP contribution in [0, 0.1) is 6.92 Å². The molecule has 0 saturated carbocycles. The fourth-order valence-electron chi connectivity index (χ4n) is 3.73. The van der Waals surface area contributed by atoms with Crippen LogP contribution >= 0.6 is 0 Å². The molecule has 30 heavy (non-hydrogen) atoms. The van der Waals surface area contributed by atoms with E-state index in [1.807, 2.05) is 24.0 Å². The minimum atomic E-state index is -4.56. The van der Waals surface area contributed by atoms with Crippen molar-refractivity contribution in [3.8, 4) is 11.4 Å². The van der Waals surface area contributed by atoms with Crippen molar-refractivity contribution in [2.24, 2.45) is 0 Å². The number of halogens is 3. The van der Waals surface area contributed by atoms with Gasteiger partial charge in [0.05, 0.1) is 19.8 Å². The summed E-state index contributed by atoms with van der Waals surface area (Å²) in [6.45, 7) is 4.20. The van der Waals surface area contributed by atoms with E-state index < -0.39 is 12.3 Å². The van der Waals surface area contributed by atoms with Crippen LogP contribution in [0.1, 0.15) is 17.6 Å². The fourth-order valence-corrected chi connectivity index (χ4v) is 3.73. The molecule has 0 aromatic carbocycles. The van der Waals surface area contributed by atoms with Gasteiger partial charge in [-0.1, -0.05) is 0 Å². The number of imidazole rings is 1. The van der Waals surface area contributed by atoms with Gasteiger partial charge in [0, 0.05) is 37.1 Å². The highest BCUT2D eigenvalue weighted by atomic mass is 19.4. The second-order valence-corrected chi connectivity index (χ2v) is 7.24. The first-order chi connectivity index (χ1) is 14.4. The maximum absolute atomic E-state index is 13.5. The number of aromatic nitrogens is 5. The van der Waals surface area contributed by atoms with Gasteiger partial charge in [0.2, 0.25) is 6.10 Å². The van der Waals surface area contributed by atoms with Gasteiger partial charge in [-0.05, 0) is 19.1 Å². The summed E-state index contributed by atoms with van der Waals surface area (Å²) < 4.78 is 52.5. The number of fused-ring (bicyclic) bond motifs is 3. The number of morpholine rings is 1. The maximum atomic E-state index is 13.5. The number of nitrogens with zero attached hydrogens (tertiary/aromatic N) is 6. The number of alkyl halides is 3. The first-order valence-corrected chi connectivity index (χ1v) is 9.64.